The first kappa shape index (κ1) is 13.3. The highest BCUT2D eigenvalue weighted by molar-refractivity contribution is 7.99. The maximum Gasteiger partial charge on any atom is 0.223 e. The van der Waals surface area contributed by atoms with Crippen molar-refractivity contribution in [1.29, 1.82) is 0 Å². The normalized spacial score (nSPS) is 10.8. The number of anilines is 1. The minimum Gasteiger partial charge on any atom is -0.354 e. The number of thioether (sulfide) groups is 1. The Morgan fingerprint density at radius 3 is 2.75 bits per heavy atom. The molecule has 0 bridgehead atoms. The summed E-state index contributed by atoms with van der Waals surface area (Å²) in [5, 5.41) is 4.30. The van der Waals surface area contributed by atoms with Crippen molar-refractivity contribution in [3.63, 3.8) is 0 Å². The van der Waals surface area contributed by atoms with E-state index in [1.54, 1.807) is 11.8 Å². The summed E-state index contributed by atoms with van der Waals surface area (Å²) in [6.45, 7) is 9.52. The molecule has 0 unspecified atom stereocenters. The lowest BCUT2D eigenvalue weighted by atomic mass is 10.3. The Morgan fingerprint density at radius 2 is 2.12 bits per heavy atom. The summed E-state index contributed by atoms with van der Waals surface area (Å²) in [5.74, 6) is 2.55. The molecule has 1 rings (SSSR count). The standard InChI is InChI=1S/C12H21N3S/c1-5-6-13-12-14-10(4)7-11(15-12)16-8-9(2)3/h7,9H,5-6,8H2,1-4H3,(H,13,14,15). The Labute approximate surface area is 102 Å². The van der Waals surface area contributed by atoms with Gasteiger partial charge in [-0.15, -0.1) is 11.8 Å². The Kier molecular flexibility index (Phi) is 5.60. The number of rotatable bonds is 6. The van der Waals surface area contributed by atoms with Gasteiger partial charge >= 0.3 is 0 Å². The van der Waals surface area contributed by atoms with Gasteiger partial charge in [-0.1, -0.05) is 20.8 Å². The number of nitrogens with zero attached hydrogens (tertiary/aromatic N) is 2. The third kappa shape index (κ3) is 4.84. The van der Waals surface area contributed by atoms with Gasteiger partial charge in [0.05, 0.1) is 0 Å². The SMILES string of the molecule is CCCNc1nc(C)cc(SCC(C)C)n1. The van der Waals surface area contributed by atoms with Crippen LogP contribution < -0.4 is 5.32 Å². The van der Waals surface area contributed by atoms with Gasteiger partial charge in [0.15, 0.2) is 0 Å². The molecule has 0 aliphatic heterocycles. The molecular weight excluding hydrogens is 218 g/mol. The zero-order chi connectivity index (χ0) is 12.0. The van der Waals surface area contributed by atoms with E-state index in [1.807, 2.05) is 13.0 Å². The van der Waals surface area contributed by atoms with E-state index in [1.165, 1.54) is 0 Å². The molecule has 0 amide bonds. The van der Waals surface area contributed by atoms with Crippen LogP contribution in [0.1, 0.15) is 32.9 Å². The molecule has 1 aromatic heterocycles. The first-order chi connectivity index (χ1) is 7.61. The minimum absolute atomic E-state index is 0.687. The third-order valence-corrected chi connectivity index (χ3v) is 3.27. The van der Waals surface area contributed by atoms with Crippen molar-refractivity contribution >= 4 is 17.7 Å². The van der Waals surface area contributed by atoms with Gasteiger partial charge in [0.25, 0.3) is 0 Å². The van der Waals surface area contributed by atoms with Crippen LogP contribution in [0.2, 0.25) is 0 Å². The molecule has 0 radical (unpaired) electrons. The van der Waals surface area contributed by atoms with Gasteiger partial charge in [-0.2, -0.15) is 0 Å². The predicted molar refractivity (Wildman–Crippen MR) is 71.1 cm³/mol. The lowest BCUT2D eigenvalue weighted by molar-refractivity contribution is 0.749. The second-order valence-electron chi connectivity index (χ2n) is 4.30. The zero-order valence-corrected chi connectivity index (χ0v) is 11.4. The molecule has 3 nitrogen and oxygen atoms in total. The minimum atomic E-state index is 0.687. The molecule has 0 spiro atoms. The number of nitrogens with one attached hydrogen (secondary N) is 1. The fraction of sp³-hybridized carbons (Fsp3) is 0.667. The molecule has 1 aromatic rings. The molecule has 4 heteroatoms. The average Bonchev–Trinajstić information content (AvgIpc) is 2.23. The van der Waals surface area contributed by atoms with Crippen LogP contribution in [0, 0.1) is 12.8 Å². The van der Waals surface area contributed by atoms with Crippen LogP contribution in [-0.4, -0.2) is 22.3 Å². The summed E-state index contributed by atoms with van der Waals surface area (Å²) in [4.78, 5) is 8.85. The predicted octanol–water partition coefficient (Wildman–Crippen LogP) is 3.36. The van der Waals surface area contributed by atoms with Crippen LogP contribution >= 0.6 is 11.8 Å². The molecule has 0 saturated carbocycles. The van der Waals surface area contributed by atoms with E-state index >= 15 is 0 Å². The summed E-state index contributed by atoms with van der Waals surface area (Å²) in [6.07, 6.45) is 1.09. The van der Waals surface area contributed by atoms with Gasteiger partial charge in [0.1, 0.15) is 5.03 Å². The van der Waals surface area contributed by atoms with Crippen LogP contribution in [0.4, 0.5) is 5.95 Å². The molecule has 1 heterocycles. The second-order valence-corrected chi connectivity index (χ2v) is 5.34. The fourth-order valence-corrected chi connectivity index (χ4v) is 2.09. The van der Waals surface area contributed by atoms with Crippen LogP contribution in [-0.2, 0) is 0 Å². The molecule has 0 atom stereocenters. The smallest absolute Gasteiger partial charge is 0.223 e. The highest BCUT2D eigenvalue weighted by atomic mass is 32.2. The molecule has 0 aromatic carbocycles. The van der Waals surface area contributed by atoms with Crippen LogP contribution in [0.25, 0.3) is 0 Å². The topological polar surface area (TPSA) is 37.8 Å². The maximum atomic E-state index is 4.48. The highest BCUT2D eigenvalue weighted by Gasteiger charge is 2.03. The lowest BCUT2D eigenvalue weighted by Gasteiger charge is -2.08. The van der Waals surface area contributed by atoms with Gasteiger partial charge in [-0.05, 0) is 25.3 Å². The summed E-state index contributed by atoms with van der Waals surface area (Å²) < 4.78 is 0. The van der Waals surface area contributed by atoms with E-state index in [0.29, 0.717) is 5.92 Å². The third-order valence-electron chi connectivity index (χ3n) is 1.93. The number of hydrogen-bond acceptors (Lipinski definition) is 4. The Morgan fingerprint density at radius 1 is 1.38 bits per heavy atom. The summed E-state index contributed by atoms with van der Waals surface area (Å²) in [6, 6.07) is 2.05. The molecule has 0 aliphatic rings. The van der Waals surface area contributed by atoms with E-state index in [9.17, 15) is 0 Å². The number of hydrogen-bond donors (Lipinski definition) is 1. The van der Waals surface area contributed by atoms with Crippen molar-refractivity contribution in [2.75, 3.05) is 17.6 Å². The first-order valence-electron chi connectivity index (χ1n) is 5.84. The first-order valence-corrected chi connectivity index (χ1v) is 6.82. The van der Waals surface area contributed by atoms with E-state index in [-0.39, 0.29) is 0 Å². The summed E-state index contributed by atoms with van der Waals surface area (Å²) >= 11 is 1.80. The van der Waals surface area contributed by atoms with Gasteiger partial charge < -0.3 is 5.32 Å². The van der Waals surface area contributed by atoms with Gasteiger partial charge in [0.2, 0.25) is 5.95 Å². The summed E-state index contributed by atoms with van der Waals surface area (Å²) in [5.41, 5.74) is 1.03. The quantitative estimate of drug-likeness (QED) is 0.610. The number of aromatic nitrogens is 2. The van der Waals surface area contributed by atoms with E-state index in [4.69, 9.17) is 0 Å². The molecule has 1 N–H and O–H groups in total. The summed E-state index contributed by atoms with van der Waals surface area (Å²) in [7, 11) is 0. The molecule has 0 fully saturated rings. The molecule has 0 aliphatic carbocycles. The molecule has 90 valence electrons. The van der Waals surface area contributed by atoms with E-state index < -0.39 is 0 Å². The van der Waals surface area contributed by atoms with Crippen LogP contribution in [0.15, 0.2) is 11.1 Å². The Balaban J connectivity index is 2.65. The van der Waals surface area contributed by atoms with Gasteiger partial charge in [-0.3, -0.25) is 0 Å². The van der Waals surface area contributed by atoms with E-state index in [2.05, 4.69) is 36.1 Å². The fourth-order valence-electron chi connectivity index (χ4n) is 1.18. The van der Waals surface area contributed by atoms with Crippen molar-refractivity contribution in [3.05, 3.63) is 11.8 Å². The van der Waals surface area contributed by atoms with Crippen molar-refractivity contribution in [3.8, 4) is 0 Å². The monoisotopic (exact) mass is 239 g/mol. The van der Waals surface area contributed by atoms with Crippen molar-refractivity contribution in [2.45, 2.75) is 39.1 Å². The average molecular weight is 239 g/mol. The van der Waals surface area contributed by atoms with Crippen LogP contribution in [0.5, 0.6) is 0 Å². The van der Waals surface area contributed by atoms with Gasteiger partial charge in [-0.25, -0.2) is 9.97 Å². The Bertz CT molecular complexity index is 326. The Hall–Kier alpha value is -0.770. The molecule has 16 heavy (non-hydrogen) atoms. The zero-order valence-electron chi connectivity index (χ0n) is 10.6. The number of aryl methyl sites for hydroxylation is 1. The van der Waals surface area contributed by atoms with Gasteiger partial charge in [0, 0.05) is 18.0 Å². The van der Waals surface area contributed by atoms with Crippen LogP contribution in [0.3, 0.4) is 0 Å². The van der Waals surface area contributed by atoms with Crippen molar-refractivity contribution in [1.82, 2.24) is 9.97 Å². The largest absolute Gasteiger partial charge is 0.354 e. The molecular formula is C12H21N3S. The maximum absolute atomic E-state index is 4.48. The lowest BCUT2D eigenvalue weighted by Crippen LogP contribution is -2.05. The van der Waals surface area contributed by atoms with Crippen molar-refractivity contribution in [2.24, 2.45) is 5.92 Å². The molecule has 0 saturated heterocycles. The highest BCUT2D eigenvalue weighted by Crippen LogP contribution is 2.20. The van der Waals surface area contributed by atoms with E-state index in [0.717, 1.165) is 35.4 Å². The van der Waals surface area contributed by atoms with Crippen molar-refractivity contribution < 1.29 is 0 Å². The second kappa shape index (κ2) is 6.74.